The van der Waals surface area contributed by atoms with Crippen LogP contribution in [0.15, 0.2) is 48.5 Å². The Balaban J connectivity index is 1.47. The lowest BCUT2D eigenvalue weighted by Gasteiger charge is -2.31. The van der Waals surface area contributed by atoms with Gasteiger partial charge in [0.15, 0.2) is 0 Å². The van der Waals surface area contributed by atoms with E-state index in [0.717, 1.165) is 59.5 Å². The maximum absolute atomic E-state index is 13.1. The number of ether oxygens (including phenoxy) is 1. The van der Waals surface area contributed by atoms with Gasteiger partial charge in [-0.25, -0.2) is 4.79 Å². The number of aryl methyl sites for hydroxylation is 1. The van der Waals surface area contributed by atoms with Crippen LogP contribution < -0.4 is 15.4 Å². The molecule has 1 aliphatic carbocycles. The molecule has 3 aromatic rings. The van der Waals surface area contributed by atoms with Gasteiger partial charge in [0.25, 0.3) is 0 Å². The molecule has 2 aromatic carbocycles. The van der Waals surface area contributed by atoms with E-state index in [4.69, 9.17) is 9.84 Å². The molecular formula is C29H36N4O4. The Labute approximate surface area is 218 Å². The van der Waals surface area contributed by atoms with E-state index >= 15 is 0 Å². The van der Waals surface area contributed by atoms with Gasteiger partial charge >= 0.3 is 6.09 Å². The zero-order valence-electron chi connectivity index (χ0n) is 22.0. The van der Waals surface area contributed by atoms with Crippen LogP contribution in [-0.2, 0) is 11.3 Å². The maximum atomic E-state index is 13.1. The largest absolute Gasteiger partial charge is 0.497 e. The summed E-state index contributed by atoms with van der Waals surface area (Å²) in [6.07, 6.45) is 2.53. The SMILES string of the molecule is COc1ccc(Cn2nc(C)c(-c3ccc(NC(=O)[C@@H](NC(=O)O)C4CCC(C)CC4)cc3)c2C)cc1. The molecule has 8 nitrogen and oxygen atoms in total. The molecule has 0 saturated heterocycles. The van der Waals surface area contributed by atoms with Gasteiger partial charge in [0.2, 0.25) is 5.91 Å². The van der Waals surface area contributed by atoms with E-state index < -0.39 is 12.1 Å². The molecule has 4 rings (SSSR count). The molecule has 37 heavy (non-hydrogen) atoms. The summed E-state index contributed by atoms with van der Waals surface area (Å²) in [7, 11) is 1.65. The van der Waals surface area contributed by atoms with Crippen LogP contribution in [0.1, 0.15) is 49.6 Å². The molecule has 1 atom stereocenters. The molecule has 0 unspecified atom stereocenters. The van der Waals surface area contributed by atoms with Crippen molar-refractivity contribution in [1.82, 2.24) is 15.1 Å². The second kappa shape index (κ2) is 11.5. The highest BCUT2D eigenvalue weighted by atomic mass is 16.5. The first-order valence-electron chi connectivity index (χ1n) is 12.8. The molecule has 1 heterocycles. The summed E-state index contributed by atoms with van der Waals surface area (Å²) in [5.74, 6) is 1.14. The molecule has 1 fully saturated rings. The van der Waals surface area contributed by atoms with E-state index in [1.54, 1.807) is 7.11 Å². The minimum atomic E-state index is -1.17. The second-order valence-electron chi connectivity index (χ2n) is 10.1. The highest BCUT2D eigenvalue weighted by Crippen LogP contribution is 2.32. The van der Waals surface area contributed by atoms with Crippen LogP contribution in [0.25, 0.3) is 11.1 Å². The Morgan fingerprint density at radius 2 is 1.70 bits per heavy atom. The fourth-order valence-electron chi connectivity index (χ4n) is 5.26. The predicted octanol–water partition coefficient (Wildman–Crippen LogP) is 5.62. The van der Waals surface area contributed by atoms with Gasteiger partial charge in [0, 0.05) is 16.9 Å². The summed E-state index contributed by atoms with van der Waals surface area (Å²) in [6, 6.07) is 14.8. The van der Waals surface area contributed by atoms with Gasteiger partial charge in [-0.1, -0.05) is 44.0 Å². The Morgan fingerprint density at radius 1 is 1.05 bits per heavy atom. The number of carbonyl (C=O) groups is 2. The smallest absolute Gasteiger partial charge is 0.405 e. The Bertz CT molecular complexity index is 1230. The van der Waals surface area contributed by atoms with Gasteiger partial charge in [-0.3, -0.25) is 9.48 Å². The Kier molecular flexibility index (Phi) is 8.16. The number of carboxylic acid groups (broad SMARTS) is 1. The molecule has 0 bridgehead atoms. The maximum Gasteiger partial charge on any atom is 0.405 e. The predicted molar refractivity (Wildman–Crippen MR) is 144 cm³/mol. The number of hydrogen-bond donors (Lipinski definition) is 3. The monoisotopic (exact) mass is 504 g/mol. The third kappa shape index (κ3) is 6.31. The molecule has 1 saturated carbocycles. The van der Waals surface area contributed by atoms with Gasteiger partial charge in [-0.2, -0.15) is 5.10 Å². The summed E-state index contributed by atoms with van der Waals surface area (Å²) in [5.41, 5.74) is 5.83. The second-order valence-corrected chi connectivity index (χ2v) is 10.1. The lowest BCUT2D eigenvalue weighted by Crippen LogP contribution is -2.48. The van der Waals surface area contributed by atoms with Crippen molar-refractivity contribution in [2.24, 2.45) is 11.8 Å². The van der Waals surface area contributed by atoms with Gasteiger partial charge in [0.1, 0.15) is 11.8 Å². The molecule has 0 aliphatic heterocycles. The van der Waals surface area contributed by atoms with Crippen molar-refractivity contribution in [1.29, 1.82) is 0 Å². The van der Waals surface area contributed by atoms with Gasteiger partial charge < -0.3 is 20.5 Å². The highest BCUT2D eigenvalue weighted by Gasteiger charge is 2.32. The number of amides is 2. The molecule has 196 valence electrons. The fourth-order valence-corrected chi connectivity index (χ4v) is 5.26. The van der Waals surface area contributed by atoms with Crippen LogP contribution in [-0.4, -0.2) is 40.0 Å². The number of hydrogen-bond acceptors (Lipinski definition) is 4. The third-order valence-corrected chi connectivity index (χ3v) is 7.41. The lowest BCUT2D eigenvalue weighted by atomic mass is 9.79. The minimum Gasteiger partial charge on any atom is -0.497 e. The summed E-state index contributed by atoms with van der Waals surface area (Å²) in [5, 5.41) is 19.4. The van der Waals surface area contributed by atoms with Gasteiger partial charge in [-0.15, -0.1) is 0 Å². The first kappa shape index (κ1) is 26.3. The number of carbonyl (C=O) groups excluding carboxylic acids is 1. The normalized spacial score (nSPS) is 18.2. The highest BCUT2D eigenvalue weighted by molar-refractivity contribution is 5.96. The number of methoxy groups -OCH3 is 1. The van der Waals surface area contributed by atoms with Crippen molar-refractivity contribution in [3.8, 4) is 16.9 Å². The number of aromatic nitrogens is 2. The Hall–Kier alpha value is -3.81. The first-order chi connectivity index (χ1) is 17.7. The van der Waals surface area contributed by atoms with Crippen LogP contribution in [0.5, 0.6) is 5.75 Å². The third-order valence-electron chi connectivity index (χ3n) is 7.41. The van der Waals surface area contributed by atoms with Crippen LogP contribution in [0, 0.1) is 25.7 Å². The quantitative estimate of drug-likeness (QED) is 0.369. The van der Waals surface area contributed by atoms with Crippen LogP contribution in [0.2, 0.25) is 0 Å². The first-order valence-corrected chi connectivity index (χ1v) is 12.8. The number of rotatable bonds is 8. The number of anilines is 1. The molecule has 2 amide bonds. The van der Waals surface area contributed by atoms with E-state index in [-0.39, 0.29) is 11.8 Å². The molecular weight excluding hydrogens is 468 g/mol. The molecule has 1 aliphatic rings. The number of benzene rings is 2. The molecule has 8 heteroatoms. The van der Waals surface area contributed by atoms with Gasteiger partial charge in [0.05, 0.1) is 19.3 Å². The summed E-state index contributed by atoms with van der Waals surface area (Å²) < 4.78 is 7.24. The summed E-state index contributed by atoms with van der Waals surface area (Å²) in [4.78, 5) is 24.4. The molecule has 0 radical (unpaired) electrons. The zero-order valence-corrected chi connectivity index (χ0v) is 22.0. The van der Waals surface area contributed by atoms with Crippen LogP contribution >= 0.6 is 0 Å². The fraction of sp³-hybridized carbons (Fsp3) is 0.414. The van der Waals surface area contributed by atoms with Crippen LogP contribution in [0.4, 0.5) is 10.5 Å². The molecule has 1 aromatic heterocycles. The standard InChI is InChI=1S/C29H36N4O4/c1-18-5-9-23(10-6-18)27(31-29(35)36)28(34)30-24-13-11-22(12-14-24)26-19(2)32-33(20(26)3)17-21-7-15-25(37-4)16-8-21/h7-8,11-16,18,23,27,31H,5-6,9-10,17H2,1-4H3,(H,30,34)(H,35,36)/t18?,23?,27-/m0/s1. The van der Waals surface area contributed by atoms with Crippen molar-refractivity contribution in [2.75, 3.05) is 12.4 Å². The van der Waals surface area contributed by atoms with E-state index in [1.807, 2.05) is 60.1 Å². The van der Waals surface area contributed by atoms with Crippen molar-refractivity contribution >= 4 is 17.7 Å². The number of nitrogens with zero attached hydrogens (tertiary/aromatic N) is 2. The minimum absolute atomic E-state index is 0.00779. The van der Waals surface area contributed by atoms with E-state index in [0.29, 0.717) is 18.2 Å². The van der Waals surface area contributed by atoms with Crippen molar-refractivity contribution in [3.63, 3.8) is 0 Å². The number of nitrogens with one attached hydrogen (secondary N) is 2. The summed E-state index contributed by atoms with van der Waals surface area (Å²) >= 11 is 0. The summed E-state index contributed by atoms with van der Waals surface area (Å²) in [6.45, 7) is 6.91. The van der Waals surface area contributed by atoms with Crippen molar-refractivity contribution in [2.45, 2.75) is 59.0 Å². The van der Waals surface area contributed by atoms with Crippen molar-refractivity contribution < 1.29 is 19.4 Å². The van der Waals surface area contributed by atoms with Gasteiger partial charge in [-0.05, 0) is 73.9 Å². The zero-order chi connectivity index (χ0) is 26.5. The van der Waals surface area contributed by atoms with E-state index in [2.05, 4.69) is 24.5 Å². The Morgan fingerprint density at radius 3 is 2.30 bits per heavy atom. The average Bonchev–Trinajstić information content (AvgIpc) is 3.16. The average molecular weight is 505 g/mol. The molecule has 3 N–H and O–H groups in total. The lowest BCUT2D eigenvalue weighted by molar-refractivity contribution is -0.119. The molecule has 0 spiro atoms. The van der Waals surface area contributed by atoms with E-state index in [9.17, 15) is 14.7 Å². The van der Waals surface area contributed by atoms with E-state index in [1.165, 1.54) is 0 Å². The topological polar surface area (TPSA) is 105 Å². The van der Waals surface area contributed by atoms with Crippen molar-refractivity contribution in [3.05, 3.63) is 65.5 Å². The van der Waals surface area contributed by atoms with Crippen LogP contribution in [0.3, 0.4) is 0 Å².